The Bertz CT molecular complexity index is 964. The second kappa shape index (κ2) is 6.06. The molecule has 3 nitrogen and oxygen atoms in total. The van der Waals surface area contributed by atoms with E-state index >= 15 is 0 Å². The van der Waals surface area contributed by atoms with Gasteiger partial charge in [0.1, 0.15) is 11.5 Å². The van der Waals surface area contributed by atoms with Crippen molar-refractivity contribution in [3.8, 4) is 33.2 Å². The van der Waals surface area contributed by atoms with E-state index in [1.165, 1.54) is 15.8 Å². The maximum Gasteiger partial charge on any atom is 0.123 e. The Hall–Kier alpha value is -2.72. The Morgan fingerprint density at radius 3 is 2.29 bits per heavy atom. The molecule has 120 valence electrons. The molecule has 0 bridgehead atoms. The van der Waals surface area contributed by atoms with Crippen molar-refractivity contribution in [2.45, 2.75) is 0 Å². The highest BCUT2D eigenvalue weighted by Gasteiger charge is 2.17. The molecular formula is C20H17NO2S. The van der Waals surface area contributed by atoms with Gasteiger partial charge >= 0.3 is 0 Å². The van der Waals surface area contributed by atoms with Gasteiger partial charge in [-0.3, -0.25) is 0 Å². The van der Waals surface area contributed by atoms with Crippen molar-refractivity contribution in [2.24, 2.45) is 0 Å². The molecule has 0 aliphatic heterocycles. The minimum Gasteiger partial charge on any atom is -0.497 e. The van der Waals surface area contributed by atoms with Gasteiger partial charge in [-0.05, 0) is 29.6 Å². The van der Waals surface area contributed by atoms with Crippen LogP contribution in [0.2, 0.25) is 0 Å². The standard InChI is InChI=1S/C20H17NO2S/c1-22-14-10-13(11-15(12-14)23-2)20-19(18-8-5-9-24-18)16-6-3-4-7-17(16)21-20/h3-12,21H,1-2H3. The zero-order valence-electron chi connectivity index (χ0n) is 13.5. The Morgan fingerprint density at radius 1 is 0.875 bits per heavy atom. The van der Waals surface area contributed by atoms with E-state index in [1.807, 2.05) is 24.3 Å². The van der Waals surface area contributed by atoms with E-state index in [0.717, 1.165) is 28.3 Å². The Balaban J connectivity index is 2.02. The first-order valence-electron chi connectivity index (χ1n) is 7.68. The third-order valence-electron chi connectivity index (χ3n) is 4.11. The fraction of sp³-hybridized carbons (Fsp3) is 0.100. The normalized spacial score (nSPS) is 10.9. The topological polar surface area (TPSA) is 34.2 Å². The lowest BCUT2D eigenvalue weighted by Crippen LogP contribution is -1.89. The van der Waals surface area contributed by atoms with Gasteiger partial charge in [-0.2, -0.15) is 0 Å². The van der Waals surface area contributed by atoms with Crippen molar-refractivity contribution in [3.05, 3.63) is 60.0 Å². The molecule has 0 radical (unpaired) electrons. The molecule has 0 atom stereocenters. The molecule has 2 aromatic heterocycles. The van der Waals surface area contributed by atoms with Gasteiger partial charge in [-0.15, -0.1) is 11.3 Å². The molecule has 0 unspecified atom stereocenters. The number of ether oxygens (including phenoxy) is 2. The van der Waals surface area contributed by atoms with Gasteiger partial charge < -0.3 is 14.5 Å². The predicted molar refractivity (Wildman–Crippen MR) is 100 cm³/mol. The van der Waals surface area contributed by atoms with Gasteiger partial charge in [0, 0.05) is 33.0 Å². The van der Waals surface area contributed by atoms with Crippen molar-refractivity contribution in [1.29, 1.82) is 0 Å². The number of hydrogen-bond donors (Lipinski definition) is 1. The van der Waals surface area contributed by atoms with E-state index in [0.29, 0.717) is 0 Å². The van der Waals surface area contributed by atoms with Crippen LogP contribution in [0.1, 0.15) is 0 Å². The van der Waals surface area contributed by atoms with Gasteiger partial charge in [0.05, 0.1) is 19.9 Å². The van der Waals surface area contributed by atoms with E-state index in [9.17, 15) is 0 Å². The highest BCUT2D eigenvalue weighted by atomic mass is 32.1. The van der Waals surface area contributed by atoms with Gasteiger partial charge in [-0.1, -0.05) is 24.3 Å². The molecule has 2 heterocycles. The van der Waals surface area contributed by atoms with Crippen LogP contribution in [0.3, 0.4) is 0 Å². The maximum atomic E-state index is 5.43. The molecule has 24 heavy (non-hydrogen) atoms. The lowest BCUT2D eigenvalue weighted by molar-refractivity contribution is 0.394. The fourth-order valence-electron chi connectivity index (χ4n) is 2.99. The number of aromatic amines is 1. The van der Waals surface area contributed by atoms with Crippen LogP contribution in [-0.2, 0) is 0 Å². The highest BCUT2D eigenvalue weighted by Crippen LogP contribution is 2.41. The summed E-state index contributed by atoms with van der Waals surface area (Å²) in [4.78, 5) is 4.81. The second-order valence-electron chi connectivity index (χ2n) is 5.50. The van der Waals surface area contributed by atoms with Gasteiger partial charge in [0.25, 0.3) is 0 Å². The van der Waals surface area contributed by atoms with Crippen LogP contribution in [0.25, 0.3) is 32.6 Å². The number of aromatic nitrogens is 1. The summed E-state index contributed by atoms with van der Waals surface area (Å²) in [6.07, 6.45) is 0. The largest absolute Gasteiger partial charge is 0.497 e. The summed E-state index contributed by atoms with van der Waals surface area (Å²) in [5.74, 6) is 1.56. The number of benzene rings is 2. The summed E-state index contributed by atoms with van der Waals surface area (Å²) in [6, 6.07) is 18.6. The van der Waals surface area contributed by atoms with Crippen LogP contribution in [0.15, 0.2) is 60.0 Å². The molecule has 4 rings (SSSR count). The zero-order chi connectivity index (χ0) is 16.5. The Kier molecular flexibility index (Phi) is 3.75. The van der Waals surface area contributed by atoms with Crippen LogP contribution in [0, 0.1) is 0 Å². The predicted octanol–water partition coefficient (Wildman–Crippen LogP) is 5.58. The van der Waals surface area contributed by atoms with E-state index < -0.39 is 0 Å². The first-order valence-corrected chi connectivity index (χ1v) is 8.56. The molecule has 0 amide bonds. The second-order valence-corrected chi connectivity index (χ2v) is 6.45. The first-order chi connectivity index (χ1) is 11.8. The number of fused-ring (bicyclic) bond motifs is 1. The minimum absolute atomic E-state index is 0.778. The van der Waals surface area contributed by atoms with Gasteiger partial charge in [0.15, 0.2) is 0 Å². The summed E-state index contributed by atoms with van der Waals surface area (Å²) in [7, 11) is 3.34. The summed E-state index contributed by atoms with van der Waals surface area (Å²) in [5.41, 5.74) is 4.47. The molecule has 1 N–H and O–H groups in total. The van der Waals surface area contributed by atoms with Crippen molar-refractivity contribution >= 4 is 22.2 Å². The molecule has 0 spiro atoms. The lowest BCUT2D eigenvalue weighted by Gasteiger charge is -2.09. The monoisotopic (exact) mass is 335 g/mol. The van der Waals surface area contributed by atoms with Crippen LogP contribution in [-0.4, -0.2) is 19.2 Å². The number of H-pyrrole nitrogens is 1. The molecular weight excluding hydrogens is 318 g/mol. The Labute approximate surface area is 144 Å². The molecule has 2 aromatic carbocycles. The molecule has 4 aromatic rings. The third kappa shape index (κ3) is 2.45. The van der Waals surface area contributed by atoms with E-state index in [4.69, 9.17) is 9.47 Å². The van der Waals surface area contributed by atoms with E-state index in [-0.39, 0.29) is 0 Å². The fourth-order valence-corrected chi connectivity index (χ4v) is 3.78. The van der Waals surface area contributed by atoms with E-state index in [2.05, 4.69) is 40.7 Å². The van der Waals surface area contributed by atoms with Crippen molar-refractivity contribution in [3.63, 3.8) is 0 Å². The van der Waals surface area contributed by atoms with Crippen molar-refractivity contribution < 1.29 is 9.47 Å². The third-order valence-corrected chi connectivity index (χ3v) is 5.00. The van der Waals surface area contributed by atoms with Crippen LogP contribution in [0.4, 0.5) is 0 Å². The molecule has 0 saturated carbocycles. The number of hydrogen-bond acceptors (Lipinski definition) is 3. The van der Waals surface area contributed by atoms with Crippen LogP contribution in [0.5, 0.6) is 11.5 Å². The van der Waals surface area contributed by atoms with Crippen molar-refractivity contribution in [1.82, 2.24) is 4.98 Å². The number of thiophene rings is 1. The molecule has 4 heteroatoms. The average molecular weight is 335 g/mol. The summed E-state index contributed by atoms with van der Waals surface area (Å²) < 4.78 is 10.9. The molecule has 0 saturated heterocycles. The minimum atomic E-state index is 0.778. The average Bonchev–Trinajstić information content (AvgIpc) is 3.28. The van der Waals surface area contributed by atoms with Gasteiger partial charge in [0.2, 0.25) is 0 Å². The maximum absolute atomic E-state index is 5.43. The zero-order valence-corrected chi connectivity index (χ0v) is 14.3. The number of nitrogens with one attached hydrogen (secondary N) is 1. The molecule has 0 aliphatic carbocycles. The SMILES string of the molecule is COc1cc(OC)cc(-c2[nH]c3ccccc3c2-c2cccs2)c1. The number of methoxy groups -OCH3 is 2. The van der Waals surface area contributed by atoms with Crippen LogP contribution >= 0.6 is 11.3 Å². The van der Waals surface area contributed by atoms with Crippen LogP contribution < -0.4 is 9.47 Å². The number of rotatable bonds is 4. The number of para-hydroxylation sites is 1. The van der Waals surface area contributed by atoms with Crippen molar-refractivity contribution in [2.75, 3.05) is 14.2 Å². The smallest absolute Gasteiger partial charge is 0.123 e. The molecule has 0 aliphatic rings. The summed E-state index contributed by atoms with van der Waals surface area (Å²) in [6.45, 7) is 0. The van der Waals surface area contributed by atoms with E-state index in [1.54, 1.807) is 25.6 Å². The molecule has 0 fully saturated rings. The lowest BCUT2D eigenvalue weighted by atomic mass is 10.0. The van der Waals surface area contributed by atoms with Gasteiger partial charge in [-0.25, -0.2) is 0 Å². The Morgan fingerprint density at radius 2 is 1.62 bits per heavy atom. The quantitative estimate of drug-likeness (QED) is 0.528. The highest BCUT2D eigenvalue weighted by molar-refractivity contribution is 7.13. The summed E-state index contributed by atoms with van der Waals surface area (Å²) in [5, 5.41) is 3.32. The first kappa shape index (κ1) is 14.8. The summed E-state index contributed by atoms with van der Waals surface area (Å²) >= 11 is 1.74.